The molecule has 1 aliphatic heterocycles. The molecule has 1 atom stereocenters. The van der Waals surface area contributed by atoms with Gasteiger partial charge in [-0.25, -0.2) is 0 Å². The van der Waals surface area contributed by atoms with Crippen molar-refractivity contribution in [2.45, 2.75) is 32.4 Å². The van der Waals surface area contributed by atoms with Gasteiger partial charge in [0.2, 0.25) is 0 Å². The molecule has 1 aliphatic rings. The largest absolute Gasteiger partial charge is 0.507 e. The Kier molecular flexibility index (Phi) is 6.75. The molecule has 1 N–H and O–H groups in total. The van der Waals surface area contributed by atoms with Crippen molar-refractivity contribution in [2.24, 2.45) is 0 Å². The molecule has 0 bridgehead atoms. The Morgan fingerprint density at radius 3 is 2.15 bits per heavy atom. The number of Topliss-reactive ketones (excluding diaryl/α,β-unsaturated/α-hetero) is 1. The Morgan fingerprint density at radius 2 is 1.59 bits per heavy atom. The summed E-state index contributed by atoms with van der Waals surface area (Å²) in [5.41, 5.74) is 3.24. The number of hydrogen-bond acceptors (Lipinski definition) is 4. The van der Waals surface area contributed by atoms with Crippen molar-refractivity contribution in [3.8, 4) is 5.75 Å². The molecule has 3 aromatic rings. The van der Waals surface area contributed by atoms with E-state index in [4.69, 9.17) is 16.3 Å². The van der Waals surface area contributed by atoms with Crippen molar-refractivity contribution in [3.05, 3.63) is 106 Å². The van der Waals surface area contributed by atoms with Crippen LogP contribution in [0, 0.1) is 0 Å². The van der Waals surface area contributed by atoms with Crippen LogP contribution in [-0.4, -0.2) is 28.8 Å². The number of aliphatic hydroxyl groups is 1. The minimum Gasteiger partial charge on any atom is -0.507 e. The van der Waals surface area contributed by atoms with Crippen molar-refractivity contribution in [1.29, 1.82) is 0 Å². The van der Waals surface area contributed by atoms with E-state index in [-0.39, 0.29) is 17.9 Å². The van der Waals surface area contributed by atoms with E-state index in [9.17, 15) is 14.7 Å². The highest BCUT2D eigenvalue weighted by Gasteiger charge is 2.46. The van der Waals surface area contributed by atoms with Crippen LogP contribution in [0.4, 0.5) is 0 Å². The van der Waals surface area contributed by atoms with Gasteiger partial charge in [-0.2, -0.15) is 0 Å². The number of carbonyl (C=O) groups excluding carboxylic acids is 2. The molecule has 1 amide bonds. The first-order chi connectivity index (χ1) is 16.3. The molecule has 0 radical (unpaired) electrons. The van der Waals surface area contributed by atoms with E-state index in [1.165, 1.54) is 4.90 Å². The number of aliphatic hydroxyl groups excluding tert-OH is 1. The van der Waals surface area contributed by atoms with Gasteiger partial charge in [0.15, 0.2) is 0 Å². The molecule has 0 aliphatic carbocycles. The van der Waals surface area contributed by atoms with Crippen molar-refractivity contribution < 1.29 is 19.4 Å². The molecular weight excluding hydrogens is 450 g/mol. The first-order valence-corrected chi connectivity index (χ1v) is 11.4. The summed E-state index contributed by atoms with van der Waals surface area (Å²) in [5.74, 6) is -0.531. The maximum Gasteiger partial charge on any atom is 0.295 e. The Morgan fingerprint density at radius 1 is 0.971 bits per heavy atom. The molecule has 0 spiro atoms. The number of nitrogens with zero attached hydrogens (tertiary/aromatic N) is 1. The second kappa shape index (κ2) is 9.74. The molecule has 1 heterocycles. The quantitative estimate of drug-likeness (QED) is 0.266. The SMILES string of the molecule is COc1ccc(CN2C(=O)C(=O)/C(=C(\O)c3ccc(Cl)cc3)C2c2ccc(C(C)C)cc2)cc1. The summed E-state index contributed by atoms with van der Waals surface area (Å²) in [6, 6.07) is 21.0. The van der Waals surface area contributed by atoms with Crippen molar-refractivity contribution in [2.75, 3.05) is 7.11 Å². The molecule has 4 rings (SSSR count). The maximum atomic E-state index is 13.2. The monoisotopic (exact) mass is 475 g/mol. The fourth-order valence-electron chi connectivity index (χ4n) is 4.14. The molecule has 5 nitrogen and oxygen atoms in total. The van der Waals surface area contributed by atoms with Crippen molar-refractivity contribution in [3.63, 3.8) is 0 Å². The normalized spacial score (nSPS) is 17.4. The zero-order chi connectivity index (χ0) is 24.4. The van der Waals surface area contributed by atoms with Crippen molar-refractivity contribution >= 4 is 29.1 Å². The summed E-state index contributed by atoms with van der Waals surface area (Å²) in [4.78, 5) is 27.9. The van der Waals surface area contributed by atoms with Gasteiger partial charge in [0.25, 0.3) is 11.7 Å². The van der Waals surface area contributed by atoms with Gasteiger partial charge in [-0.05, 0) is 59.0 Å². The molecule has 6 heteroatoms. The number of ether oxygens (including phenoxy) is 1. The van der Waals surface area contributed by atoms with E-state index in [1.54, 1.807) is 31.4 Å². The predicted molar refractivity (Wildman–Crippen MR) is 133 cm³/mol. The molecule has 0 aromatic heterocycles. The van der Waals surface area contributed by atoms with Crippen LogP contribution in [-0.2, 0) is 16.1 Å². The molecule has 0 saturated carbocycles. The van der Waals surface area contributed by atoms with Gasteiger partial charge in [0, 0.05) is 17.1 Å². The molecule has 3 aromatic carbocycles. The number of hydrogen-bond donors (Lipinski definition) is 1. The lowest BCUT2D eigenvalue weighted by Crippen LogP contribution is -2.29. The van der Waals surface area contributed by atoms with E-state index >= 15 is 0 Å². The molecule has 34 heavy (non-hydrogen) atoms. The van der Waals surface area contributed by atoms with E-state index in [0.717, 1.165) is 16.7 Å². The minimum atomic E-state index is -0.723. The van der Waals surface area contributed by atoms with Crippen LogP contribution in [0.15, 0.2) is 78.4 Å². The zero-order valence-corrected chi connectivity index (χ0v) is 20.0. The molecule has 1 fully saturated rings. The van der Waals surface area contributed by atoms with E-state index in [0.29, 0.717) is 22.3 Å². The van der Waals surface area contributed by atoms with Crippen LogP contribution in [0.1, 0.15) is 48.1 Å². The second-order valence-electron chi connectivity index (χ2n) is 8.60. The number of halogens is 1. The minimum absolute atomic E-state index is 0.0677. The fraction of sp³-hybridized carbons (Fsp3) is 0.214. The number of rotatable bonds is 6. The van der Waals surface area contributed by atoms with Crippen LogP contribution in [0.25, 0.3) is 5.76 Å². The van der Waals surface area contributed by atoms with Gasteiger partial charge in [0.05, 0.1) is 18.7 Å². The average molecular weight is 476 g/mol. The highest BCUT2D eigenvalue weighted by atomic mass is 35.5. The standard InChI is InChI=1S/C28H26ClNO4/c1-17(2)19-6-8-20(9-7-19)25-24(26(31)21-10-12-22(29)13-11-21)27(32)28(33)30(25)16-18-4-14-23(34-3)15-5-18/h4-15,17,25,31H,16H2,1-3H3/b26-24-. The van der Waals surface area contributed by atoms with Gasteiger partial charge in [-0.15, -0.1) is 0 Å². The Bertz CT molecular complexity index is 1230. The Hall–Kier alpha value is -3.57. The summed E-state index contributed by atoms with van der Waals surface area (Å²) in [5, 5.41) is 11.7. The van der Waals surface area contributed by atoms with Crippen LogP contribution < -0.4 is 4.74 Å². The summed E-state index contributed by atoms with van der Waals surface area (Å²) in [7, 11) is 1.59. The first-order valence-electron chi connectivity index (χ1n) is 11.1. The van der Waals surface area contributed by atoms with Crippen LogP contribution in [0.3, 0.4) is 0 Å². The first kappa shape index (κ1) is 23.6. The number of benzene rings is 3. The summed E-state index contributed by atoms with van der Waals surface area (Å²) < 4.78 is 5.22. The van der Waals surface area contributed by atoms with Crippen LogP contribution >= 0.6 is 11.6 Å². The second-order valence-corrected chi connectivity index (χ2v) is 9.04. The van der Waals surface area contributed by atoms with E-state index in [1.807, 2.05) is 48.5 Å². The van der Waals surface area contributed by atoms with Gasteiger partial charge in [-0.1, -0.05) is 61.8 Å². The molecule has 1 saturated heterocycles. The third-order valence-electron chi connectivity index (χ3n) is 6.09. The lowest BCUT2D eigenvalue weighted by molar-refractivity contribution is -0.140. The van der Waals surface area contributed by atoms with Gasteiger partial charge < -0.3 is 14.7 Å². The Labute approximate surface area is 204 Å². The summed E-state index contributed by atoms with van der Waals surface area (Å²) in [6.07, 6.45) is 0. The lowest BCUT2D eigenvalue weighted by atomic mass is 9.93. The number of amides is 1. The number of carbonyl (C=O) groups is 2. The topological polar surface area (TPSA) is 66.8 Å². The van der Waals surface area contributed by atoms with Crippen molar-refractivity contribution in [1.82, 2.24) is 4.90 Å². The maximum absolute atomic E-state index is 13.2. The van der Waals surface area contributed by atoms with Gasteiger partial charge in [-0.3, -0.25) is 9.59 Å². The predicted octanol–water partition coefficient (Wildman–Crippen LogP) is 6.09. The van der Waals surface area contributed by atoms with Gasteiger partial charge in [0.1, 0.15) is 11.5 Å². The molecule has 1 unspecified atom stereocenters. The molecular formula is C28H26ClNO4. The lowest BCUT2D eigenvalue weighted by Gasteiger charge is -2.26. The highest BCUT2D eigenvalue weighted by molar-refractivity contribution is 6.46. The smallest absolute Gasteiger partial charge is 0.295 e. The summed E-state index contributed by atoms with van der Waals surface area (Å²) >= 11 is 5.99. The number of ketones is 1. The van der Waals surface area contributed by atoms with Gasteiger partial charge >= 0.3 is 0 Å². The number of methoxy groups -OCH3 is 1. The highest BCUT2D eigenvalue weighted by Crippen LogP contribution is 2.40. The van der Waals surface area contributed by atoms with E-state index in [2.05, 4.69) is 13.8 Å². The summed E-state index contributed by atoms with van der Waals surface area (Å²) in [6.45, 7) is 4.42. The van der Waals surface area contributed by atoms with Crippen LogP contribution in [0.2, 0.25) is 5.02 Å². The van der Waals surface area contributed by atoms with Crippen LogP contribution in [0.5, 0.6) is 5.75 Å². The fourth-order valence-corrected chi connectivity index (χ4v) is 4.27. The Balaban J connectivity index is 1.82. The molecule has 174 valence electrons. The zero-order valence-electron chi connectivity index (χ0n) is 19.3. The third-order valence-corrected chi connectivity index (χ3v) is 6.34. The number of likely N-dealkylation sites (tertiary alicyclic amines) is 1. The third kappa shape index (κ3) is 4.57. The van der Waals surface area contributed by atoms with E-state index < -0.39 is 17.7 Å². The average Bonchev–Trinajstić information content (AvgIpc) is 3.09.